The predicted octanol–water partition coefficient (Wildman–Crippen LogP) is 2.54. The molecule has 0 fully saturated rings. The zero-order valence-corrected chi connectivity index (χ0v) is 15.8. The molecule has 5 nitrogen and oxygen atoms in total. The van der Waals surface area contributed by atoms with Crippen molar-refractivity contribution in [2.45, 2.75) is 33.2 Å². The molecule has 5 heteroatoms. The van der Waals surface area contributed by atoms with Gasteiger partial charge in [0, 0.05) is 6.54 Å². The maximum atomic E-state index is 11.8. The maximum absolute atomic E-state index is 11.8. The third-order valence-electron chi connectivity index (χ3n) is 4.00. The summed E-state index contributed by atoms with van der Waals surface area (Å²) >= 11 is 0. The highest BCUT2D eigenvalue weighted by Gasteiger charge is 2.10. The minimum atomic E-state index is -0.00540. The fourth-order valence-electron chi connectivity index (χ4n) is 2.53. The van der Waals surface area contributed by atoms with Crippen LogP contribution in [0.5, 0.6) is 5.75 Å². The Labute approximate surface area is 147 Å². The smallest absolute Gasteiger partial charge is 0.234 e. The average molecular weight is 335 g/mol. The van der Waals surface area contributed by atoms with E-state index in [1.54, 1.807) is 0 Å². The summed E-state index contributed by atoms with van der Waals surface area (Å²) in [6.07, 6.45) is 1.03. The van der Waals surface area contributed by atoms with E-state index in [-0.39, 0.29) is 11.9 Å². The summed E-state index contributed by atoms with van der Waals surface area (Å²) in [4.78, 5) is 16.1. The second-order valence-corrected chi connectivity index (χ2v) is 6.32. The lowest BCUT2D eigenvalue weighted by Gasteiger charge is -2.18. The summed E-state index contributed by atoms with van der Waals surface area (Å²) in [6, 6.07) is 7.97. The van der Waals surface area contributed by atoms with E-state index in [4.69, 9.17) is 4.74 Å². The van der Waals surface area contributed by atoms with Gasteiger partial charge >= 0.3 is 0 Å². The topological polar surface area (TPSA) is 44.8 Å². The predicted molar refractivity (Wildman–Crippen MR) is 99.5 cm³/mol. The molecule has 0 saturated carbocycles. The van der Waals surface area contributed by atoms with Gasteiger partial charge in [0.25, 0.3) is 0 Å². The largest absolute Gasteiger partial charge is 0.494 e. The van der Waals surface area contributed by atoms with Crippen molar-refractivity contribution in [3.05, 3.63) is 29.8 Å². The fraction of sp³-hybridized carbons (Fsp3) is 0.632. The second kappa shape index (κ2) is 11.0. The zero-order chi connectivity index (χ0) is 17.9. The number of nitrogens with one attached hydrogen (secondary N) is 1. The first-order chi connectivity index (χ1) is 11.5. The lowest BCUT2D eigenvalue weighted by molar-refractivity contribution is -0.122. The number of amides is 1. The Balaban J connectivity index is 2.38. The molecule has 0 unspecified atom stereocenters. The van der Waals surface area contributed by atoms with Crippen molar-refractivity contribution in [3.63, 3.8) is 0 Å². The lowest BCUT2D eigenvalue weighted by Crippen LogP contribution is -2.34. The fourth-order valence-corrected chi connectivity index (χ4v) is 2.53. The molecule has 136 valence electrons. The quantitative estimate of drug-likeness (QED) is 0.631. The summed E-state index contributed by atoms with van der Waals surface area (Å²) in [5.41, 5.74) is 1.08. The van der Waals surface area contributed by atoms with Crippen LogP contribution in [0.15, 0.2) is 24.3 Å². The van der Waals surface area contributed by atoms with E-state index in [9.17, 15) is 4.79 Å². The van der Waals surface area contributed by atoms with E-state index < -0.39 is 0 Å². The Morgan fingerprint density at radius 3 is 2.33 bits per heavy atom. The Kier molecular flexibility index (Phi) is 9.42. The lowest BCUT2D eigenvalue weighted by atomic mass is 10.1. The molecule has 1 atom stereocenters. The molecular weight excluding hydrogens is 302 g/mol. The van der Waals surface area contributed by atoms with Crippen LogP contribution in [0.2, 0.25) is 0 Å². The van der Waals surface area contributed by atoms with Crippen molar-refractivity contribution in [2.24, 2.45) is 0 Å². The van der Waals surface area contributed by atoms with Gasteiger partial charge in [-0.25, -0.2) is 0 Å². The SMILES string of the molecule is CCN(CC)CCCOc1ccc([C@H](C)NC(=O)CN(C)C)cc1. The van der Waals surface area contributed by atoms with E-state index in [0.717, 1.165) is 44.0 Å². The minimum Gasteiger partial charge on any atom is -0.494 e. The minimum absolute atomic E-state index is 0.00540. The molecule has 0 aliphatic rings. The molecule has 0 spiro atoms. The third-order valence-corrected chi connectivity index (χ3v) is 4.00. The molecular formula is C19H33N3O2. The molecule has 1 amide bonds. The number of benzene rings is 1. The van der Waals surface area contributed by atoms with E-state index in [1.165, 1.54) is 0 Å². The van der Waals surface area contributed by atoms with Gasteiger partial charge in [0.05, 0.1) is 19.2 Å². The van der Waals surface area contributed by atoms with Gasteiger partial charge in [0.15, 0.2) is 0 Å². The van der Waals surface area contributed by atoms with Crippen LogP contribution >= 0.6 is 0 Å². The second-order valence-electron chi connectivity index (χ2n) is 6.32. The number of likely N-dealkylation sites (N-methyl/N-ethyl adjacent to an activating group) is 1. The Morgan fingerprint density at radius 1 is 1.17 bits per heavy atom. The van der Waals surface area contributed by atoms with Crippen LogP contribution in [0.25, 0.3) is 0 Å². The first-order valence-electron chi connectivity index (χ1n) is 8.85. The molecule has 1 aromatic rings. The molecule has 1 N–H and O–H groups in total. The first kappa shape index (κ1) is 20.5. The van der Waals surface area contributed by atoms with Crippen LogP contribution in [0.1, 0.15) is 38.8 Å². The molecule has 0 aliphatic heterocycles. The monoisotopic (exact) mass is 335 g/mol. The van der Waals surface area contributed by atoms with Crippen molar-refractivity contribution in [2.75, 3.05) is 46.9 Å². The van der Waals surface area contributed by atoms with E-state index >= 15 is 0 Å². The summed E-state index contributed by atoms with van der Waals surface area (Å²) < 4.78 is 5.79. The van der Waals surface area contributed by atoms with Crippen LogP contribution in [-0.4, -0.2) is 62.6 Å². The van der Waals surface area contributed by atoms with Crippen LogP contribution in [0.3, 0.4) is 0 Å². The number of ether oxygens (including phenoxy) is 1. The van der Waals surface area contributed by atoms with Crippen molar-refractivity contribution in [3.8, 4) is 5.75 Å². The Bertz CT molecular complexity index is 470. The number of carbonyl (C=O) groups is 1. The number of hydrogen-bond donors (Lipinski definition) is 1. The summed E-state index contributed by atoms with van der Waals surface area (Å²) in [6.45, 7) is 10.7. The Hall–Kier alpha value is -1.59. The van der Waals surface area contributed by atoms with Crippen LogP contribution in [-0.2, 0) is 4.79 Å². The van der Waals surface area contributed by atoms with Gasteiger partial charge in [-0.3, -0.25) is 4.79 Å². The van der Waals surface area contributed by atoms with Gasteiger partial charge in [-0.2, -0.15) is 0 Å². The van der Waals surface area contributed by atoms with E-state index in [0.29, 0.717) is 6.54 Å². The van der Waals surface area contributed by atoms with Gasteiger partial charge in [-0.05, 0) is 58.2 Å². The number of nitrogens with zero attached hydrogens (tertiary/aromatic N) is 2. The van der Waals surface area contributed by atoms with E-state index in [2.05, 4.69) is 24.1 Å². The number of hydrogen-bond acceptors (Lipinski definition) is 4. The van der Waals surface area contributed by atoms with Gasteiger partial charge in [0.1, 0.15) is 5.75 Å². The summed E-state index contributed by atoms with van der Waals surface area (Å²) in [7, 11) is 3.77. The Morgan fingerprint density at radius 2 is 1.79 bits per heavy atom. The average Bonchev–Trinajstić information content (AvgIpc) is 2.54. The molecule has 0 heterocycles. The normalized spacial score (nSPS) is 12.5. The van der Waals surface area contributed by atoms with Crippen molar-refractivity contribution >= 4 is 5.91 Å². The standard InChI is InChI=1S/C19H33N3O2/c1-6-22(7-2)13-8-14-24-18-11-9-17(10-12-18)16(3)20-19(23)15-21(4)5/h9-12,16H,6-8,13-15H2,1-5H3,(H,20,23)/t16-/m0/s1. The van der Waals surface area contributed by atoms with Crippen molar-refractivity contribution in [1.82, 2.24) is 15.1 Å². The van der Waals surface area contributed by atoms with Crippen LogP contribution in [0, 0.1) is 0 Å². The molecule has 1 aromatic carbocycles. The summed E-state index contributed by atoms with van der Waals surface area (Å²) in [5.74, 6) is 0.911. The number of carbonyl (C=O) groups excluding carboxylic acids is 1. The molecule has 0 aromatic heterocycles. The van der Waals surface area contributed by atoms with Gasteiger partial charge in [-0.15, -0.1) is 0 Å². The maximum Gasteiger partial charge on any atom is 0.234 e. The van der Waals surface area contributed by atoms with Crippen LogP contribution in [0.4, 0.5) is 0 Å². The molecule has 24 heavy (non-hydrogen) atoms. The van der Waals surface area contributed by atoms with Gasteiger partial charge in [-0.1, -0.05) is 26.0 Å². The summed E-state index contributed by atoms with van der Waals surface area (Å²) in [5, 5.41) is 3.00. The van der Waals surface area contributed by atoms with Crippen LogP contribution < -0.4 is 10.1 Å². The highest BCUT2D eigenvalue weighted by Crippen LogP contribution is 2.17. The van der Waals surface area contributed by atoms with Crippen molar-refractivity contribution < 1.29 is 9.53 Å². The van der Waals surface area contributed by atoms with Gasteiger partial charge in [0.2, 0.25) is 5.91 Å². The molecule has 1 rings (SSSR count). The highest BCUT2D eigenvalue weighted by molar-refractivity contribution is 5.78. The molecule has 0 bridgehead atoms. The highest BCUT2D eigenvalue weighted by atomic mass is 16.5. The van der Waals surface area contributed by atoms with E-state index in [1.807, 2.05) is 50.2 Å². The van der Waals surface area contributed by atoms with Gasteiger partial charge < -0.3 is 19.9 Å². The molecule has 0 saturated heterocycles. The zero-order valence-electron chi connectivity index (χ0n) is 15.8. The first-order valence-corrected chi connectivity index (χ1v) is 8.85. The molecule has 0 radical (unpaired) electrons. The molecule has 0 aliphatic carbocycles. The van der Waals surface area contributed by atoms with Crippen molar-refractivity contribution in [1.29, 1.82) is 0 Å². The number of rotatable bonds is 11. The third kappa shape index (κ3) is 7.79.